The summed E-state index contributed by atoms with van der Waals surface area (Å²) in [6.45, 7) is 6.38. The fourth-order valence-electron chi connectivity index (χ4n) is 5.62. The number of carbonyl (C=O) groups excluding carboxylic acids is 2. The summed E-state index contributed by atoms with van der Waals surface area (Å²) in [6.07, 6.45) is -1.99. The Morgan fingerprint density at radius 2 is 1.79 bits per heavy atom. The lowest BCUT2D eigenvalue weighted by molar-refractivity contribution is -0.137. The van der Waals surface area contributed by atoms with E-state index in [1.165, 1.54) is 22.6 Å². The molecule has 1 fully saturated rings. The van der Waals surface area contributed by atoms with Crippen molar-refractivity contribution in [2.75, 3.05) is 60.3 Å². The molecule has 4 aromatic rings. The number of morpholine rings is 1. The van der Waals surface area contributed by atoms with Gasteiger partial charge in [0.2, 0.25) is 5.95 Å². The number of anilines is 5. The largest absolute Gasteiger partial charge is 0.416 e. The Kier molecular flexibility index (Phi) is 9.10. The molecule has 47 heavy (non-hydrogen) atoms. The number of halogens is 3. The van der Waals surface area contributed by atoms with Crippen LogP contribution in [-0.2, 0) is 23.9 Å². The summed E-state index contributed by atoms with van der Waals surface area (Å²) in [5.41, 5.74) is 3.33. The number of benzene rings is 3. The van der Waals surface area contributed by atoms with Gasteiger partial charge in [0, 0.05) is 55.4 Å². The molecule has 0 spiro atoms. The van der Waals surface area contributed by atoms with Gasteiger partial charge in [-0.05, 0) is 66.9 Å². The average Bonchev–Trinajstić information content (AvgIpc) is 3.07. The van der Waals surface area contributed by atoms with Gasteiger partial charge in [-0.2, -0.15) is 18.2 Å². The minimum absolute atomic E-state index is 0.133. The van der Waals surface area contributed by atoms with Crippen LogP contribution in [0.2, 0.25) is 0 Å². The second-order valence-corrected chi connectivity index (χ2v) is 11.5. The summed E-state index contributed by atoms with van der Waals surface area (Å²) in [7, 11) is 1.63. The van der Waals surface area contributed by atoms with Gasteiger partial charge in [-0.1, -0.05) is 24.3 Å². The summed E-state index contributed by atoms with van der Waals surface area (Å²) in [4.78, 5) is 41.0. The van der Waals surface area contributed by atoms with Crippen LogP contribution < -0.4 is 20.4 Å². The molecule has 0 unspecified atom stereocenters. The van der Waals surface area contributed by atoms with E-state index in [1.807, 2.05) is 19.1 Å². The molecule has 2 aliphatic rings. The van der Waals surface area contributed by atoms with Crippen molar-refractivity contribution in [1.29, 1.82) is 0 Å². The summed E-state index contributed by atoms with van der Waals surface area (Å²) in [6, 6.07) is 17.0. The van der Waals surface area contributed by atoms with Crippen LogP contribution in [0.3, 0.4) is 0 Å². The number of urea groups is 1. The maximum Gasteiger partial charge on any atom is 0.416 e. The molecule has 1 saturated heterocycles. The third-order valence-corrected chi connectivity index (χ3v) is 8.22. The number of amides is 3. The number of aromatic nitrogens is 2. The minimum Gasteiger partial charge on any atom is -0.379 e. The van der Waals surface area contributed by atoms with E-state index in [1.54, 1.807) is 36.3 Å². The topological polar surface area (TPSA) is 103 Å². The molecule has 3 amide bonds. The van der Waals surface area contributed by atoms with Crippen LogP contribution in [0.25, 0.3) is 0 Å². The van der Waals surface area contributed by atoms with Crippen LogP contribution in [0, 0.1) is 6.92 Å². The summed E-state index contributed by atoms with van der Waals surface area (Å²) < 4.78 is 44.9. The van der Waals surface area contributed by atoms with Crippen molar-refractivity contribution in [2.45, 2.75) is 26.1 Å². The highest BCUT2D eigenvalue weighted by Crippen LogP contribution is 2.34. The molecule has 3 heterocycles. The molecule has 0 aliphatic carbocycles. The van der Waals surface area contributed by atoms with Gasteiger partial charge in [-0.25, -0.2) is 9.78 Å². The van der Waals surface area contributed by atoms with Crippen molar-refractivity contribution in [3.63, 3.8) is 0 Å². The van der Waals surface area contributed by atoms with Crippen LogP contribution in [-0.4, -0.2) is 66.7 Å². The minimum atomic E-state index is -4.57. The fraction of sp³-hybridized carbons (Fsp3) is 0.294. The van der Waals surface area contributed by atoms with Crippen LogP contribution in [0.15, 0.2) is 72.9 Å². The van der Waals surface area contributed by atoms with Crippen LogP contribution in [0.4, 0.5) is 46.8 Å². The fourth-order valence-corrected chi connectivity index (χ4v) is 5.62. The van der Waals surface area contributed by atoms with E-state index in [4.69, 9.17) is 4.74 Å². The number of ether oxygens (including phenoxy) is 1. The van der Waals surface area contributed by atoms with Crippen molar-refractivity contribution in [2.24, 2.45) is 0 Å². The van der Waals surface area contributed by atoms with E-state index < -0.39 is 17.6 Å². The molecule has 0 bridgehead atoms. The van der Waals surface area contributed by atoms with Crippen molar-refractivity contribution in [1.82, 2.24) is 14.9 Å². The predicted octanol–water partition coefficient (Wildman–Crippen LogP) is 6.25. The highest BCUT2D eigenvalue weighted by Gasteiger charge is 2.32. The number of alkyl halides is 3. The Morgan fingerprint density at radius 3 is 2.57 bits per heavy atom. The zero-order valence-corrected chi connectivity index (χ0v) is 26.0. The SMILES string of the molecule is Cc1ccc(NC(=O)c2cccc(C(F)(F)F)c2)cc1N1Cc2cnc(Nc3cccc(CCN4CCOCC4)c3)nc2N(C)C1=O. The van der Waals surface area contributed by atoms with Gasteiger partial charge in [0.15, 0.2) is 0 Å². The second kappa shape index (κ2) is 13.4. The van der Waals surface area contributed by atoms with Crippen molar-refractivity contribution in [3.8, 4) is 0 Å². The number of rotatable bonds is 8. The molecule has 0 atom stereocenters. The molecule has 2 aliphatic heterocycles. The lowest BCUT2D eigenvalue weighted by Crippen LogP contribution is -2.46. The normalized spacial score (nSPS) is 15.4. The maximum absolute atomic E-state index is 13.6. The van der Waals surface area contributed by atoms with Crippen molar-refractivity contribution in [3.05, 3.63) is 101 Å². The summed E-state index contributed by atoms with van der Waals surface area (Å²) in [5.74, 6) is 0.131. The lowest BCUT2D eigenvalue weighted by Gasteiger charge is -2.35. The molecule has 2 N–H and O–H groups in total. The molecular weight excluding hydrogens is 611 g/mol. The average molecular weight is 646 g/mol. The van der Waals surface area contributed by atoms with Crippen molar-refractivity contribution >= 4 is 40.8 Å². The zero-order chi connectivity index (χ0) is 33.1. The van der Waals surface area contributed by atoms with Crippen molar-refractivity contribution < 1.29 is 27.5 Å². The maximum atomic E-state index is 13.6. The Bertz CT molecular complexity index is 1790. The molecule has 13 heteroatoms. The second-order valence-electron chi connectivity index (χ2n) is 11.5. The summed E-state index contributed by atoms with van der Waals surface area (Å²) >= 11 is 0. The predicted molar refractivity (Wildman–Crippen MR) is 173 cm³/mol. The number of hydrogen-bond acceptors (Lipinski definition) is 7. The Labute approximate surface area is 270 Å². The van der Waals surface area contributed by atoms with E-state index in [-0.39, 0.29) is 18.1 Å². The third-order valence-electron chi connectivity index (χ3n) is 8.22. The highest BCUT2D eigenvalue weighted by molar-refractivity contribution is 6.07. The molecule has 3 aromatic carbocycles. The van der Waals surface area contributed by atoms with Gasteiger partial charge in [-0.3, -0.25) is 19.5 Å². The number of aryl methyl sites for hydroxylation is 1. The molecule has 6 rings (SSSR count). The molecule has 1 aromatic heterocycles. The lowest BCUT2D eigenvalue weighted by atomic mass is 10.1. The zero-order valence-electron chi connectivity index (χ0n) is 26.0. The molecular formula is C34H34F3N7O3. The van der Waals surface area contributed by atoms with Crippen LogP contribution >= 0.6 is 0 Å². The number of hydrogen-bond donors (Lipinski definition) is 2. The Balaban J connectivity index is 1.15. The van der Waals surface area contributed by atoms with Gasteiger partial charge in [0.05, 0.1) is 31.0 Å². The first-order chi connectivity index (χ1) is 22.5. The molecule has 0 radical (unpaired) electrons. The first-order valence-corrected chi connectivity index (χ1v) is 15.2. The monoisotopic (exact) mass is 645 g/mol. The van der Waals surface area contributed by atoms with E-state index in [2.05, 4.69) is 37.6 Å². The highest BCUT2D eigenvalue weighted by atomic mass is 19.4. The van der Waals surface area contributed by atoms with Crippen LogP contribution in [0.5, 0.6) is 0 Å². The molecule has 10 nitrogen and oxygen atoms in total. The first kappa shape index (κ1) is 32.0. The third kappa shape index (κ3) is 7.36. The number of nitrogens with zero attached hydrogens (tertiary/aromatic N) is 5. The molecule has 0 saturated carbocycles. The quantitative estimate of drug-likeness (QED) is 0.234. The number of nitrogens with one attached hydrogen (secondary N) is 2. The summed E-state index contributed by atoms with van der Waals surface area (Å²) in [5, 5.41) is 5.91. The number of fused-ring (bicyclic) bond motifs is 1. The van der Waals surface area contributed by atoms with Gasteiger partial charge in [-0.15, -0.1) is 0 Å². The smallest absolute Gasteiger partial charge is 0.379 e. The van der Waals surface area contributed by atoms with Gasteiger partial charge < -0.3 is 15.4 Å². The Hall–Kier alpha value is -5.01. The van der Waals surface area contributed by atoms with Crippen LogP contribution in [0.1, 0.15) is 32.6 Å². The van der Waals surface area contributed by atoms with Gasteiger partial charge >= 0.3 is 12.2 Å². The number of carbonyl (C=O) groups is 2. The molecule has 244 valence electrons. The standard InChI is InChI=1S/C34H34F3N7O3/c1-22-9-10-28(39-31(45)24-6-4-7-26(18-24)34(35,36)37)19-29(22)44-21-25-20-38-32(41-30(25)42(2)33(44)46)40-27-8-3-5-23(17-27)11-12-43-13-15-47-16-14-43/h3-10,17-20H,11-16,21H2,1-2H3,(H,39,45)(H,38,40,41). The van der Waals surface area contributed by atoms with E-state index in [0.717, 1.165) is 68.2 Å². The van der Waals surface area contributed by atoms with E-state index in [0.29, 0.717) is 23.1 Å². The van der Waals surface area contributed by atoms with Gasteiger partial charge in [0.25, 0.3) is 5.91 Å². The van der Waals surface area contributed by atoms with Gasteiger partial charge in [0.1, 0.15) is 5.82 Å². The first-order valence-electron chi connectivity index (χ1n) is 15.2. The Morgan fingerprint density at radius 1 is 1.00 bits per heavy atom. The van der Waals surface area contributed by atoms with E-state index in [9.17, 15) is 22.8 Å². The van der Waals surface area contributed by atoms with E-state index >= 15 is 0 Å².